The molecule has 0 saturated carbocycles. The van der Waals surface area contributed by atoms with Gasteiger partial charge in [-0.15, -0.1) is 0 Å². The maximum atomic E-state index is 5.64. The van der Waals surface area contributed by atoms with Crippen molar-refractivity contribution in [2.24, 2.45) is 0 Å². The minimum atomic E-state index is 0.463. The van der Waals surface area contributed by atoms with Crippen LogP contribution in [0.4, 0.5) is 0 Å². The van der Waals surface area contributed by atoms with Gasteiger partial charge in [0, 0.05) is 16.9 Å². The summed E-state index contributed by atoms with van der Waals surface area (Å²) >= 11 is 3.41. The number of benzene rings is 1. The van der Waals surface area contributed by atoms with E-state index in [0.29, 0.717) is 6.61 Å². The molecule has 1 heterocycles. The number of ether oxygens (including phenoxy) is 1. The van der Waals surface area contributed by atoms with E-state index >= 15 is 0 Å². The van der Waals surface area contributed by atoms with Crippen molar-refractivity contribution in [3.8, 4) is 5.75 Å². The standard InChI is InChI=1S/C11H11BrN2O/c1-8-2-3-9(12)6-10(8)15-7-11-13-4-5-14-11/h2-6H,7H2,1H3,(H,13,14). The van der Waals surface area contributed by atoms with Gasteiger partial charge in [-0.2, -0.15) is 0 Å². The molecule has 0 aliphatic carbocycles. The molecule has 4 heteroatoms. The van der Waals surface area contributed by atoms with Gasteiger partial charge in [-0.05, 0) is 24.6 Å². The molecule has 0 aliphatic rings. The van der Waals surface area contributed by atoms with Crippen molar-refractivity contribution in [1.29, 1.82) is 0 Å². The van der Waals surface area contributed by atoms with Crippen LogP contribution in [0.25, 0.3) is 0 Å². The molecule has 2 aromatic rings. The molecule has 78 valence electrons. The Morgan fingerprint density at radius 3 is 3.07 bits per heavy atom. The smallest absolute Gasteiger partial charge is 0.146 e. The normalized spacial score (nSPS) is 10.3. The van der Waals surface area contributed by atoms with E-state index in [1.165, 1.54) is 0 Å². The van der Waals surface area contributed by atoms with E-state index in [1.54, 1.807) is 12.4 Å². The van der Waals surface area contributed by atoms with Gasteiger partial charge in [-0.3, -0.25) is 0 Å². The Hall–Kier alpha value is -1.29. The monoisotopic (exact) mass is 266 g/mol. The van der Waals surface area contributed by atoms with E-state index in [4.69, 9.17) is 4.74 Å². The first-order valence-electron chi connectivity index (χ1n) is 4.63. The van der Waals surface area contributed by atoms with Crippen LogP contribution < -0.4 is 4.74 Å². The number of aromatic amines is 1. The second-order valence-corrected chi connectivity index (χ2v) is 4.15. The Balaban J connectivity index is 2.07. The summed E-state index contributed by atoms with van der Waals surface area (Å²) in [6.07, 6.45) is 3.50. The lowest BCUT2D eigenvalue weighted by atomic mass is 10.2. The molecule has 2 rings (SSSR count). The lowest BCUT2D eigenvalue weighted by Gasteiger charge is -2.07. The third-order valence-corrected chi connectivity index (χ3v) is 2.56. The molecule has 0 aliphatic heterocycles. The first-order valence-corrected chi connectivity index (χ1v) is 5.42. The molecule has 0 bridgehead atoms. The summed E-state index contributed by atoms with van der Waals surface area (Å²) in [6.45, 7) is 2.48. The minimum Gasteiger partial charge on any atom is -0.485 e. The molecule has 0 amide bonds. The first kappa shape index (κ1) is 10.2. The van der Waals surface area contributed by atoms with Gasteiger partial charge in [-0.25, -0.2) is 4.98 Å². The molecule has 0 fully saturated rings. The molecule has 0 unspecified atom stereocenters. The number of aromatic nitrogens is 2. The molecule has 0 radical (unpaired) electrons. The molecule has 1 N–H and O–H groups in total. The first-order chi connectivity index (χ1) is 7.25. The minimum absolute atomic E-state index is 0.463. The Kier molecular flexibility index (Phi) is 3.06. The van der Waals surface area contributed by atoms with Crippen LogP contribution in [0.15, 0.2) is 35.1 Å². The van der Waals surface area contributed by atoms with Crippen LogP contribution in [0.2, 0.25) is 0 Å². The highest BCUT2D eigenvalue weighted by Gasteiger charge is 2.01. The topological polar surface area (TPSA) is 37.9 Å². The van der Waals surface area contributed by atoms with Crippen molar-refractivity contribution in [2.75, 3.05) is 0 Å². The van der Waals surface area contributed by atoms with Crippen molar-refractivity contribution in [3.63, 3.8) is 0 Å². The number of nitrogens with one attached hydrogen (secondary N) is 1. The molecular weight excluding hydrogens is 256 g/mol. The van der Waals surface area contributed by atoms with Gasteiger partial charge in [0.1, 0.15) is 18.2 Å². The predicted octanol–water partition coefficient (Wildman–Crippen LogP) is 3.06. The summed E-state index contributed by atoms with van der Waals surface area (Å²) < 4.78 is 6.65. The van der Waals surface area contributed by atoms with E-state index in [2.05, 4.69) is 25.9 Å². The van der Waals surface area contributed by atoms with Crippen LogP contribution in [0.1, 0.15) is 11.4 Å². The summed E-state index contributed by atoms with van der Waals surface area (Å²) in [7, 11) is 0. The van der Waals surface area contributed by atoms with E-state index in [0.717, 1.165) is 21.6 Å². The lowest BCUT2D eigenvalue weighted by Crippen LogP contribution is -1.98. The zero-order chi connectivity index (χ0) is 10.7. The number of rotatable bonds is 3. The molecule has 0 saturated heterocycles. The highest BCUT2D eigenvalue weighted by atomic mass is 79.9. The number of hydrogen-bond donors (Lipinski definition) is 1. The average Bonchev–Trinajstić information content (AvgIpc) is 2.72. The van der Waals surface area contributed by atoms with Crippen molar-refractivity contribution in [1.82, 2.24) is 9.97 Å². The van der Waals surface area contributed by atoms with Crippen LogP contribution in [-0.2, 0) is 6.61 Å². The van der Waals surface area contributed by atoms with E-state index in [1.807, 2.05) is 25.1 Å². The summed E-state index contributed by atoms with van der Waals surface area (Å²) in [5.41, 5.74) is 1.12. The van der Waals surface area contributed by atoms with Crippen LogP contribution >= 0.6 is 15.9 Å². The van der Waals surface area contributed by atoms with E-state index < -0.39 is 0 Å². The molecule has 0 atom stereocenters. The average molecular weight is 267 g/mol. The summed E-state index contributed by atoms with van der Waals surface area (Å²) in [6, 6.07) is 5.97. The third kappa shape index (κ3) is 2.59. The van der Waals surface area contributed by atoms with Gasteiger partial charge >= 0.3 is 0 Å². The van der Waals surface area contributed by atoms with Crippen molar-refractivity contribution >= 4 is 15.9 Å². The van der Waals surface area contributed by atoms with Gasteiger partial charge in [0.05, 0.1) is 0 Å². The second-order valence-electron chi connectivity index (χ2n) is 3.23. The van der Waals surface area contributed by atoms with Crippen LogP contribution in [0.5, 0.6) is 5.75 Å². The van der Waals surface area contributed by atoms with Gasteiger partial charge in [-0.1, -0.05) is 22.0 Å². The summed E-state index contributed by atoms with van der Waals surface area (Å²) in [5, 5.41) is 0. The van der Waals surface area contributed by atoms with Gasteiger partial charge in [0.25, 0.3) is 0 Å². The number of imidazole rings is 1. The Labute approximate surface area is 96.6 Å². The molecular formula is C11H11BrN2O. The van der Waals surface area contributed by atoms with E-state index in [9.17, 15) is 0 Å². The fourth-order valence-electron chi connectivity index (χ4n) is 1.25. The number of hydrogen-bond acceptors (Lipinski definition) is 2. The number of halogens is 1. The van der Waals surface area contributed by atoms with Gasteiger partial charge in [0.15, 0.2) is 0 Å². The van der Waals surface area contributed by atoms with Crippen molar-refractivity contribution in [2.45, 2.75) is 13.5 Å². The molecule has 3 nitrogen and oxygen atoms in total. The fourth-order valence-corrected chi connectivity index (χ4v) is 1.59. The Morgan fingerprint density at radius 2 is 2.33 bits per heavy atom. The van der Waals surface area contributed by atoms with Gasteiger partial charge in [0.2, 0.25) is 0 Å². The SMILES string of the molecule is Cc1ccc(Br)cc1OCc1ncc[nH]1. The summed E-state index contributed by atoms with van der Waals surface area (Å²) in [4.78, 5) is 7.08. The largest absolute Gasteiger partial charge is 0.485 e. The van der Waals surface area contributed by atoms with Crippen molar-refractivity contribution in [3.05, 3.63) is 46.5 Å². The van der Waals surface area contributed by atoms with E-state index in [-0.39, 0.29) is 0 Å². The number of aryl methyl sites for hydroxylation is 1. The highest BCUT2D eigenvalue weighted by molar-refractivity contribution is 9.10. The fraction of sp³-hybridized carbons (Fsp3) is 0.182. The third-order valence-electron chi connectivity index (χ3n) is 2.07. The maximum Gasteiger partial charge on any atom is 0.146 e. The molecule has 1 aromatic heterocycles. The van der Waals surface area contributed by atoms with Crippen LogP contribution in [-0.4, -0.2) is 9.97 Å². The molecule has 1 aromatic carbocycles. The zero-order valence-electron chi connectivity index (χ0n) is 8.33. The predicted molar refractivity (Wildman–Crippen MR) is 61.8 cm³/mol. The summed E-state index contributed by atoms with van der Waals surface area (Å²) in [5.74, 6) is 1.70. The number of H-pyrrole nitrogens is 1. The van der Waals surface area contributed by atoms with Crippen molar-refractivity contribution < 1.29 is 4.74 Å². The Bertz CT molecular complexity index is 440. The lowest BCUT2D eigenvalue weighted by molar-refractivity contribution is 0.295. The van der Waals surface area contributed by atoms with Crippen LogP contribution in [0, 0.1) is 6.92 Å². The van der Waals surface area contributed by atoms with Crippen LogP contribution in [0.3, 0.4) is 0 Å². The molecule has 15 heavy (non-hydrogen) atoms. The highest BCUT2D eigenvalue weighted by Crippen LogP contribution is 2.23. The zero-order valence-corrected chi connectivity index (χ0v) is 9.91. The quantitative estimate of drug-likeness (QED) is 0.928. The van der Waals surface area contributed by atoms with Gasteiger partial charge < -0.3 is 9.72 Å². The second kappa shape index (κ2) is 4.49. The Morgan fingerprint density at radius 1 is 1.47 bits per heavy atom. The number of nitrogens with zero attached hydrogens (tertiary/aromatic N) is 1. The molecule has 0 spiro atoms. The maximum absolute atomic E-state index is 5.64.